The van der Waals surface area contributed by atoms with Crippen LogP contribution in [0.4, 0.5) is 30.7 Å². The molecule has 8 nitrogen and oxygen atoms in total. The molecule has 0 bridgehead atoms. The fourth-order valence-corrected chi connectivity index (χ4v) is 1.91. The van der Waals surface area contributed by atoms with Gasteiger partial charge in [-0.05, 0) is 6.92 Å². The molecule has 0 aromatic heterocycles. The molecule has 1 atom stereocenters. The zero-order valence-electron chi connectivity index (χ0n) is 13.7. The number of rotatable bonds is 10. The summed E-state index contributed by atoms with van der Waals surface area (Å²) in [6, 6.07) is 0. The molecular formula is C12H12F7O8S-. The lowest BCUT2D eigenvalue weighted by atomic mass is 10.2. The van der Waals surface area contributed by atoms with Crippen LogP contribution in [0.3, 0.4) is 0 Å². The number of hydrogen-bond donors (Lipinski definition) is 0. The van der Waals surface area contributed by atoms with Gasteiger partial charge in [-0.15, -0.1) is 0 Å². The second-order valence-corrected chi connectivity index (χ2v) is 6.15. The van der Waals surface area contributed by atoms with Crippen molar-refractivity contribution in [1.82, 2.24) is 0 Å². The molecule has 0 heterocycles. The van der Waals surface area contributed by atoms with E-state index in [2.05, 4.69) is 20.8 Å². The molecule has 0 N–H and O–H groups in total. The topological polar surface area (TPSA) is 119 Å². The summed E-state index contributed by atoms with van der Waals surface area (Å²) < 4.78 is 135. The highest BCUT2D eigenvalue weighted by molar-refractivity contribution is 7.86. The largest absolute Gasteiger partial charge is 0.743 e. The summed E-state index contributed by atoms with van der Waals surface area (Å²) in [4.78, 5) is 22.7. The van der Waals surface area contributed by atoms with Gasteiger partial charge in [-0.3, -0.25) is 0 Å². The first-order valence-electron chi connectivity index (χ1n) is 6.84. The Balaban J connectivity index is 5.83. The fraction of sp³-hybridized carbons (Fsp3) is 0.667. The molecule has 0 spiro atoms. The fourth-order valence-electron chi connectivity index (χ4n) is 1.45. The number of esters is 2. The first-order valence-corrected chi connectivity index (χ1v) is 8.24. The van der Waals surface area contributed by atoms with E-state index in [9.17, 15) is 53.3 Å². The lowest BCUT2D eigenvalue weighted by molar-refractivity contribution is -0.356. The number of carbonyl (C=O) groups excluding carboxylic acids is 2. The van der Waals surface area contributed by atoms with Crippen LogP contribution >= 0.6 is 0 Å². The molecule has 0 aromatic carbocycles. The number of halogens is 7. The second-order valence-electron chi connectivity index (χ2n) is 4.73. The van der Waals surface area contributed by atoms with Crippen LogP contribution in [-0.2, 0) is 33.9 Å². The number of ether oxygens (including phenoxy) is 3. The molecule has 1 unspecified atom stereocenters. The molecule has 0 aromatic rings. The highest BCUT2D eigenvalue weighted by Gasteiger charge is 2.68. The Kier molecular flexibility index (Phi) is 8.01. The minimum Gasteiger partial charge on any atom is -0.743 e. The van der Waals surface area contributed by atoms with E-state index in [-0.39, 0.29) is 6.08 Å². The molecular weight excluding hydrogens is 437 g/mol. The van der Waals surface area contributed by atoms with E-state index in [0.717, 1.165) is 6.92 Å². The van der Waals surface area contributed by atoms with Gasteiger partial charge in [0.05, 0.1) is 13.2 Å². The van der Waals surface area contributed by atoms with Crippen molar-refractivity contribution in [1.29, 1.82) is 0 Å². The van der Waals surface area contributed by atoms with Crippen molar-refractivity contribution in [3.8, 4) is 0 Å². The van der Waals surface area contributed by atoms with Gasteiger partial charge in [0.1, 0.15) is 0 Å². The summed E-state index contributed by atoms with van der Waals surface area (Å²) in [5.74, 6) is -14.7. The minimum absolute atomic E-state index is 0.135. The number of alkyl halides is 7. The van der Waals surface area contributed by atoms with Gasteiger partial charge in [0.15, 0.2) is 10.1 Å². The van der Waals surface area contributed by atoms with Gasteiger partial charge in [-0.25, -0.2) is 18.0 Å². The van der Waals surface area contributed by atoms with Gasteiger partial charge in [0, 0.05) is 12.5 Å². The van der Waals surface area contributed by atoms with Gasteiger partial charge in [-0.1, -0.05) is 6.58 Å². The Hall–Kier alpha value is -1.94. The maximum absolute atomic E-state index is 13.3. The van der Waals surface area contributed by atoms with E-state index in [4.69, 9.17) is 0 Å². The standard InChI is InChI=1S/C12H13F7O8S/c1-3-7(20)27-10(11(15,16)17,8(21)25-4-2)26-6-5-9(13,14)12(18,19)28(22,23)24/h3H,1,4-6H2,2H3,(H,22,23,24)/p-1. The first-order chi connectivity index (χ1) is 12.4. The Labute approximate surface area is 153 Å². The quantitative estimate of drug-likeness (QED) is 0.163. The molecule has 0 aliphatic rings. The first kappa shape index (κ1) is 26.1. The molecule has 0 amide bonds. The van der Waals surface area contributed by atoms with E-state index in [1.807, 2.05) is 0 Å². The van der Waals surface area contributed by atoms with Crippen LogP contribution in [0.15, 0.2) is 12.7 Å². The van der Waals surface area contributed by atoms with Crippen molar-refractivity contribution in [2.75, 3.05) is 13.2 Å². The lowest BCUT2D eigenvalue weighted by Gasteiger charge is -2.33. The lowest BCUT2D eigenvalue weighted by Crippen LogP contribution is -2.58. The van der Waals surface area contributed by atoms with Crippen LogP contribution in [-0.4, -0.2) is 61.3 Å². The van der Waals surface area contributed by atoms with E-state index in [0.29, 0.717) is 0 Å². The molecule has 0 fully saturated rings. The molecule has 0 radical (unpaired) electrons. The second kappa shape index (κ2) is 8.60. The van der Waals surface area contributed by atoms with E-state index in [1.54, 1.807) is 0 Å². The van der Waals surface area contributed by atoms with Gasteiger partial charge in [0.2, 0.25) is 0 Å². The zero-order valence-corrected chi connectivity index (χ0v) is 14.5. The molecule has 0 saturated carbocycles. The predicted octanol–water partition coefficient (Wildman–Crippen LogP) is 1.72. The monoisotopic (exact) mass is 449 g/mol. The van der Waals surface area contributed by atoms with Gasteiger partial charge < -0.3 is 18.8 Å². The summed E-state index contributed by atoms with van der Waals surface area (Å²) in [5.41, 5.74) is 0. The maximum atomic E-state index is 13.3. The average molecular weight is 449 g/mol. The van der Waals surface area contributed by atoms with Crippen LogP contribution in [0.1, 0.15) is 13.3 Å². The van der Waals surface area contributed by atoms with Crippen LogP contribution in [0.5, 0.6) is 0 Å². The Bertz CT molecular complexity index is 703. The molecule has 164 valence electrons. The molecule has 16 heteroatoms. The van der Waals surface area contributed by atoms with Crippen molar-refractivity contribution in [2.24, 2.45) is 0 Å². The van der Waals surface area contributed by atoms with Crippen molar-refractivity contribution in [3.05, 3.63) is 12.7 Å². The van der Waals surface area contributed by atoms with Crippen LogP contribution in [0.25, 0.3) is 0 Å². The summed E-state index contributed by atoms with van der Waals surface area (Å²) in [7, 11) is -6.90. The third kappa shape index (κ3) is 5.32. The third-order valence-electron chi connectivity index (χ3n) is 2.79. The van der Waals surface area contributed by atoms with E-state index >= 15 is 0 Å². The molecule has 28 heavy (non-hydrogen) atoms. The van der Waals surface area contributed by atoms with Crippen molar-refractivity contribution in [2.45, 2.75) is 36.5 Å². The van der Waals surface area contributed by atoms with Crippen LogP contribution < -0.4 is 0 Å². The molecule has 0 aliphatic heterocycles. The average Bonchev–Trinajstić information content (AvgIpc) is 2.51. The number of hydrogen-bond acceptors (Lipinski definition) is 8. The van der Waals surface area contributed by atoms with Crippen LogP contribution in [0, 0.1) is 0 Å². The summed E-state index contributed by atoms with van der Waals surface area (Å²) in [6.45, 7) is 0.919. The van der Waals surface area contributed by atoms with Gasteiger partial charge in [0.25, 0.3) is 0 Å². The number of carbonyl (C=O) groups is 2. The Morgan fingerprint density at radius 3 is 1.96 bits per heavy atom. The molecule has 0 rings (SSSR count). The third-order valence-corrected chi connectivity index (χ3v) is 3.72. The minimum atomic E-state index is -6.90. The molecule has 0 aliphatic carbocycles. The normalized spacial score (nSPS) is 15.5. The zero-order chi connectivity index (χ0) is 22.6. The molecule has 0 saturated heterocycles. The highest BCUT2D eigenvalue weighted by Crippen LogP contribution is 2.42. The summed E-state index contributed by atoms with van der Waals surface area (Å²) >= 11 is 0. The van der Waals surface area contributed by atoms with E-state index in [1.165, 1.54) is 0 Å². The Morgan fingerprint density at radius 2 is 1.61 bits per heavy atom. The van der Waals surface area contributed by atoms with Crippen LogP contribution in [0.2, 0.25) is 0 Å². The van der Waals surface area contributed by atoms with Gasteiger partial charge in [-0.2, -0.15) is 30.7 Å². The van der Waals surface area contributed by atoms with Crippen molar-refractivity contribution >= 4 is 22.1 Å². The van der Waals surface area contributed by atoms with Crippen molar-refractivity contribution < 1.29 is 67.5 Å². The highest BCUT2D eigenvalue weighted by atomic mass is 32.2. The SMILES string of the molecule is C=CC(=O)OC(OCCC(F)(F)C(F)(F)S(=O)(=O)[O-])(C(=O)OCC)C(F)(F)F. The summed E-state index contributed by atoms with van der Waals surface area (Å²) in [6.07, 6.45) is -8.29. The smallest absolute Gasteiger partial charge is 0.468 e. The van der Waals surface area contributed by atoms with Crippen molar-refractivity contribution in [3.63, 3.8) is 0 Å². The van der Waals surface area contributed by atoms with Gasteiger partial charge >= 0.3 is 35.1 Å². The summed E-state index contributed by atoms with van der Waals surface area (Å²) in [5, 5.41) is -6.20. The predicted molar refractivity (Wildman–Crippen MR) is 71.9 cm³/mol. The Morgan fingerprint density at radius 1 is 1.11 bits per heavy atom. The maximum Gasteiger partial charge on any atom is 0.468 e. The van der Waals surface area contributed by atoms with E-state index < -0.39 is 64.8 Å².